The van der Waals surface area contributed by atoms with Gasteiger partial charge >= 0.3 is 0 Å². The van der Waals surface area contributed by atoms with Crippen LogP contribution in [0, 0.1) is 0 Å². The molecule has 0 bridgehead atoms. The summed E-state index contributed by atoms with van der Waals surface area (Å²) in [5.41, 5.74) is 0. The Morgan fingerprint density at radius 1 is 1.53 bits per heavy atom. The Kier molecular flexibility index (Phi) is 3.66. The molecule has 1 amide bonds. The summed E-state index contributed by atoms with van der Waals surface area (Å²) in [6, 6.07) is 3.92. The van der Waals surface area contributed by atoms with Gasteiger partial charge in [-0.15, -0.1) is 0 Å². The largest absolute Gasteiger partial charge is 0.358 e. The van der Waals surface area contributed by atoms with Gasteiger partial charge in [0, 0.05) is 23.3 Å². The number of amides is 1. The van der Waals surface area contributed by atoms with Crippen LogP contribution in [-0.4, -0.2) is 34.4 Å². The molecular formula is C12H16BrN3O. The van der Waals surface area contributed by atoms with Gasteiger partial charge in [0.2, 0.25) is 5.91 Å². The van der Waals surface area contributed by atoms with Crippen molar-refractivity contribution in [3.63, 3.8) is 0 Å². The smallest absolute Gasteiger partial charge is 0.245 e. The van der Waals surface area contributed by atoms with Crippen LogP contribution >= 0.6 is 15.9 Å². The second kappa shape index (κ2) is 5.04. The molecule has 1 N–H and O–H groups in total. The molecule has 0 aromatic carbocycles. The van der Waals surface area contributed by atoms with Crippen molar-refractivity contribution < 1.29 is 4.79 Å². The zero-order chi connectivity index (χ0) is 12.4. The number of nitrogens with one attached hydrogen (secondary N) is 1. The maximum atomic E-state index is 12.0. The molecule has 1 aromatic heterocycles. The summed E-state index contributed by atoms with van der Waals surface area (Å²) < 4.78 is 0.935. The average molecular weight is 298 g/mol. The highest BCUT2D eigenvalue weighted by atomic mass is 79.9. The van der Waals surface area contributed by atoms with Crippen LogP contribution in [0.1, 0.15) is 20.3 Å². The second-order valence-electron chi connectivity index (χ2n) is 4.47. The zero-order valence-electron chi connectivity index (χ0n) is 9.98. The molecule has 0 radical (unpaired) electrons. The molecule has 0 spiro atoms. The van der Waals surface area contributed by atoms with Crippen LogP contribution < -0.4 is 5.32 Å². The molecule has 92 valence electrons. The van der Waals surface area contributed by atoms with Crippen molar-refractivity contribution in [3.8, 4) is 0 Å². The molecule has 2 heterocycles. The lowest BCUT2D eigenvalue weighted by atomic mass is 10.2. The van der Waals surface area contributed by atoms with Crippen LogP contribution in [0.15, 0.2) is 22.8 Å². The molecule has 1 saturated heterocycles. The first-order valence-corrected chi connectivity index (χ1v) is 6.56. The standard InChI is InChI=1S/C12H16BrN3O/c1-8(2)16-6-5-10(12(16)17)15-11-4-3-9(13)7-14-11/h3-4,7-8,10H,5-6H2,1-2H3,(H,14,15). The summed E-state index contributed by atoms with van der Waals surface area (Å²) >= 11 is 3.33. The van der Waals surface area contributed by atoms with E-state index >= 15 is 0 Å². The van der Waals surface area contributed by atoms with Crippen molar-refractivity contribution >= 4 is 27.7 Å². The molecule has 1 unspecified atom stereocenters. The van der Waals surface area contributed by atoms with Crippen LogP contribution in [0.3, 0.4) is 0 Å². The zero-order valence-corrected chi connectivity index (χ0v) is 11.6. The summed E-state index contributed by atoms with van der Waals surface area (Å²) in [6.45, 7) is 4.90. The van der Waals surface area contributed by atoms with Crippen LogP contribution in [0.2, 0.25) is 0 Å². The maximum Gasteiger partial charge on any atom is 0.245 e. The fourth-order valence-corrected chi connectivity index (χ4v) is 2.22. The number of carbonyl (C=O) groups excluding carboxylic acids is 1. The number of hydrogen-bond donors (Lipinski definition) is 1. The van der Waals surface area contributed by atoms with Crippen molar-refractivity contribution in [1.82, 2.24) is 9.88 Å². The molecule has 0 aliphatic carbocycles. The summed E-state index contributed by atoms with van der Waals surface area (Å²) in [5.74, 6) is 0.918. The van der Waals surface area contributed by atoms with Crippen LogP contribution in [0.5, 0.6) is 0 Å². The van der Waals surface area contributed by atoms with Crippen molar-refractivity contribution in [2.24, 2.45) is 0 Å². The molecular weight excluding hydrogens is 282 g/mol. The van der Waals surface area contributed by atoms with E-state index in [1.54, 1.807) is 6.20 Å². The molecule has 5 heteroatoms. The van der Waals surface area contributed by atoms with Gasteiger partial charge in [0.05, 0.1) is 0 Å². The van der Waals surface area contributed by atoms with Gasteiger partial charge in [0.1, 0.15) is 11.9 Å². The first-order valence-electron chi connectivity index (χ1n) is 5.76. The highest BCUT2D eigenvalue weighted by molar-refractivity contribution is 9.10. The van der Waals surface area contributed by atoms with E-state index in [-0.39, 0.29) is 18.0 Å². The van der Waals surface area contributed by atoms with Gasteiger partial charge in [-0.25, -0.2) is 4.98 Å². The molecule has 2 rings (SSSR count). The highest BCUT2D eigenvalue weighted by Crippen LogP contribution is 2.18. The Morgan fingerprint density at radius 3 is 2.82 bits per heavy atom. The van der Waals surface area contributed by atoms with E-state index in [0.29, 0.717) is 0 Å². The Bertz CT molecular complexity index is 405. The average Bonchev–Trinajstić information content (AvgIpc) is 2.64. The molecule has 1 aromatic rings. The molecule has 17 heavy (non-hydrogen) atoms. The van der Waals surface area contributed by atoms with Gasteiger partial charge in [-0.05, 0) is 48.3 Å². The summed E-state index contributed by atoms with van der Waals surface area (Å²) in [6.07, 6.45) is 2.57. The lowest BCUT2D eigenvalue weighted by molar-refractivity contribution is -0.129. The minimum atomic E-state index is -0.133. The van der Waals surface area contributed by atoms with E-state index in [1.165, 1.54) is 0 Å². The normalized spacial score (nSPS) is 20.1. The molecule has 1 aliphatic heterocycles. The van der Waals surface area contributed by atoms with Crippen molar-refractivity contribution in [3.05, 3.63) is 22.8 Å². The fraction of sp³-hybridized carbons (Fsp3) is 0.500. The van der Waals surface area contributed by atoms with Crippen molar-refractivity contribution in [2.75, 3.05) is 11.9 Å². The van der Waals surface area contributed by atoms with Gasteiger partial charge < -0.3 is 10.2 Å². The Morgan fingerprint density at radius 2 is 2.29 bits per heavy atom. The maximum absolute atomic E-state index is 12.0. The van der Waals surface area contributed by atoms with Gasteiger partial charge in [0.15, 0.2) is 0 Å². The number of pyridine rings is 1. The van der Waals surface area contributed by atoms with Crippen LogP contribution in [0.25, 0.3) is 0 Å². The number of nitrogens with zero attached hydrogens (tertiary/aromatic N) is 2. The van der Waals surface area contributed by atoms with Crippen LogP contribution in [-0.2, 0) is 4.79 Å². The third-order valence-corrected chi connectivity index (χ3v) is 3.38. The number of halogens is 1. The summed E-state index contributed by atoms with van der Waals surface area (Å²) in [5, 5.41) is 3.18. The van der Waals surface area contributed by atoms with E-state index in [0.717, 1.165) is 23.3 Å². The topological polar surface area (TPSA) is 45.2 Å². The minimum Gasteiger partial charge on any atom is -0.358 e. The number of likely N-dealkylation sites (tertiary alicyclic amines) is 1. The van der Waals surface area contributed by atoms with Crippen molar-refractivity contribution in [2.45, 2.75) is 32.4 Å². The molecule has 4 nitrogen and oxygen atoms in total. The van der Waals surface area contributed by atoms with E-state index in [2.05, 4.69) is 26.2 Å². The van der Waals surface area contributed by atoms with Crippen molar-refractivity contribution in [1.29, 1.82) is 0 Å². The Hall–Kier alpha value is -1.10. The molecule has 1 aliphatic rings. The Labute approximate surface area is 110 Å². The first kappa shape index (κ1) is 12.4. The molecule has 0 saturated carbocycles. The van der Waals surface area contributed by atoms with Gasteiger partial charge in [-0.3, -0.25) is 4.79 Å². The predicted molar refractivity (Wildman–Crippen MR) is 70.8 cm³/mol. The predicted octanol–water partition coefficient (Wildman–Crippen LogP) is 2.27. The lowest BCUT2D eigenvalue weighted by Crippen LogP contribution is -2.37. The first-order chi connectivity index (χ1) is 8.08. The van der Waals surface area contributed by atoms with E-state index in [4.69, 9.17) is 0 Å². The summed E-state index contributed by atoms with van der Waals surface area (Å²) in [4.78, 5) is 18.2. The van der Waals surface area contributed by atoms with E-state index in [9.17, 15) is 4.79 Å². The Balaban J connectivity index is 2.01. The van der Waals surface area contributed by atoms with Gasteiger partial charge in [-0.2, -0.15) is 0 Å². The number of anilines is 1. The van der Waals surface area contributed by atoms with E-state index < -0.39 is 0 Å². The number of rotatable bonds is 3. The quantitative estimate of drug-likeness (QED) is 0.931. The van der Waals surface area contributed by atoms with Gasteiger partial charge in [-0.1, -0.05) is 0 Å². The SMILES string of the molecule is CC(C)N1CCC(Nc2ccc(Br)cn2)C1=O. The number of carbonyl (C=O) groups is 1. The minimum absolute atomic E-state index is 0.133. The second-order valence-corrected chi connectivity index (χ2v) is 5.39. The number of hydrogen-bond acceptors (Lipinski definition) is 3. The lowest BCUT2D eigenvalue weighted by Gasteiger charge is -2.21. The molecule has 1 atom stereocenters. The number of aromatic nitrogens is 1. The highest BCUT2D eigenvalue weighted by Gasteiger charge is 2.32. The van der Waals surface area contributed by atoms with Crippen LogP contribution in [0.4, 0.5) is 5.82 Å². The van der Waals surface area contributed by atoms with Gasteiger partial charge in [0.25, 0.3) is 0 Å². The molecule has 1 fully saturated rings. The fourth-order valence-electron chi connectivity index (χ4n) is 1.99. The third-order valence-electron chi connectivity index (χ3n) is 2.91. The third kappa shape index (κ3) is 2.77. The monoisotopic (exact) mass is 297 g/mol. The van der Waals surface area contributed by atoms with E-state index in [1.807, 2.05) is 30.9 Å². The summed E-state index contributed by atoms with van der Waals surface area (Å²) in [7, 11) is 0.